The van der Waals surface area contributed by atoms with Gasteiger partial charge in [0.2, 0.25) is 12.2 Å². The van der Waals surface area contributed by atoms with Crippen LogP contribution in [0.15, 0.2) is 0 Å². The number of carboxylic acids is 2. The summed E-state index contributed by atoms with van der Waals surface area (Å²) in [6.45, 7) is 2.08. The highest BCUT2D eigenvalue weighted by molar-refractivity contribution is 5.97. The monoisotopic (exact) mass is 318 g/mol. The Kier molecular flexibility index (Phi) is 7.42. The standard InChI is InChI=1S/C12H14O10/c1-5(13)3-7(15)21-9(11(17)18)10(12(19)20)22-8(16)4-6(2)14/h9-10H,3-4H2,1-2H3,(H,17,18)(H,19,20)/t9-,10-/m1/s1. The molecule has 0 saturated heterocycles. The van der Waals surface area contributed by atoms with Crippen molar-refractivity contribution in [1.29, 1.82) is 0 Å². The van der Waals surface area contributed by atoms with Gasteiger partial charge in [-0.1, -0.05) is 0 Å². The van der Waals surface area contributed by atoms with Crippen molar-refractivity contribution in [2.24, 2.45) is 0 Å². The third-order valence-corrected chi connectivity index (χ3v) is 2.07. The molecule has 0 bridgehead atoms. The van der Waals surface area contributed by atoms with Crippen molar-refractivity contribution in [3.05, 3.63) is 0 Å². The Morgan fingerprint density at radius 1 is 0.727 bits per heavy atom. The molecule has 2 N–H and O–H groups in total. The van der Waals surface area contributed by atoms with Crippen LogP contribution in [0.4, 0.5) is 0 Å². The Bertz CT molecular complexity index is 460. The molecule has 0 saturated carbocycles. The minimum Gasteiger partial charge on any atom is -0.478 e. The molecule has 0 unspecified atom stereocenters. The number of ketones is 2. The van der Waals surface area contributed by atoms with Crippen LogP contribution < -0.4 is 0 Å². The van der Waals surface area contributed by atoms with E-state index in [-0.39, 0.29) is 0 Å². The van der Waals surface area contributed by atoms with E-state index in [0.29, 0.717) is 0 Å². The van der Waals surface area contributed by atoms with Gasteiger partial charge in [0.15, 0.2) is 0 Å². The van der Waals surface area contributed by atoms with Gasteiger partial charge >= 0.3 is 23.9 Å². The number of Topliss-reactive ketones (excluding diaryl/α,β-unsaturated/α-hetero) is 2. The van der Waals surface area contributed by atoms with Gasteiger partial charge in [0.25, 0.3) is 0 Å². The zero-order chi connectivity index (χ0) is 17.4. The van der Waals surface area contributed by atoms with Crippen molar-refractivity contribution in [2.45, 2.75) is 38.9 Å². The molecule has 10 heteroatoms. The minimum atomic E-state index is -2.35. The Morgan fingerprint density at radius 3 is 1.18 bits per heavy atom. The SMILES string of the molecule is CC(=O)CC(=O)O[C@@H](C(=O)O)[C@@H](OC(=O)CC(C)=O)C(=O)O. The fraction of sp³-hybridized carbons (Fsp3) is 0.500. The molecule has 0 aromatic rings. The predicted molar refractivity (Wildman–Crippen MR) is 65.6 cm³/mol. The van der Waals surface area contributed by atoms with Gasteiger partial charge in [-0.15, -0.1) is 0 Å². The number of hydrogen-bond acceptors (Lipinski definition) is 8. The average Bonchev–Trinajstić information content (AvgIpc) is 2.30. The number of hydrogen-bond donors (Lipinski definition) is 2. The summed E-state index contributed by atoms with van der Waals surface area (Å²) < 4.78 is 8.70. The Morgan fingerprint density at radius 2 is 1.00 bits per heavy atom. The van der Waals surface area contributed by atoms with Gasteiger partial charge in [0, 0.05) is 0 Å². The first-order valence-corrected chi connectivity index (χ1v) is 5.88. The van der Waals surface area contributed by atoms with E-state index in [4.69, 9.17) is 10.2 Å². The molecule has 0 fully saturated rings. The summed E-state index contributed by atoms with van der Waals surface area (Å²) in [5.74, 6) is -7.61. The van der Waals surface area contributed by atoms with Crippen LogP contribution >= 0.6 is 0 Å². The smallest absolute Gasteiger partial charge is 0.349 e. The van der Waals surface area contributed by atoms with Crippen molar-refractivity contribution in [2.75, 3.05) is 0 Å². The van der Waals surface area contributed by atoms with Gasteiger partial charge in [0.05, 0.1) is 0 Å². The van der Waals surface area contributed by atoms with E-state index in [9.17, 15) is 28.8 Å². The van der Waals surface area contributed by atoms with Gasteiger partial charge < -0.3 is 19.7 Å². The highest BCUT2D eigenvalue weighted by Crippen LogP contribution is 2.09. The summed E-state index contributed by atoms with van der Waals surface area (Å²) >= 11 is 0. The summed E-state index contributed by atoms with van der Waals surface area (Å²) in [5.41, 5.74) is 0. The maximum Gasteiger partial charge on any atom is 0.349 e. The lowest BCUT2D eigenvalue weighted by Crippen LogP contribution is -2.46. The van der Waals surface area contributed by atoms with Crippen molar-refractivity contribution < 1.29 is 48.5 Å². The van der Waals surface area contributed by atoms with Crippen LogP contribution in [0.25, 0.3) is 0 Å². The van der Waals surface area contributed by atoms with E-state index in [1.54, 1.807) is 0 Å². The normalized spacial score (nSPS) is 12.6. The second-order valence-corrected chi connectivity index (χ2v) is 4.25. The van der Waals surface area contributed by atoms with Gasteiger partial charge in [-0.05, 0) is 13.8 Å². The fourth-order valence-corrected chi connectivity index (χ4v) is 1.26. The number of carbonyl (C=O) groups is 6. The first-order chi connectivity index (χ1) is 10.0. The first-order valence-electron chi connectivity index (χ1n) is 5.88. The molecule has 0 rings (SSSR count). The van der Waals surface area contributed by atoms with Gasteiger partial charge in [-0.2, -0.15) is 0 Å². The molecule has 0 amide bonds. The van der Waals surface area contributed by atoms with Crippen molar-refractivity contribution in [1.82, 2.24) is 0 Å². The zero-order valence-corrected chi connectivity index (χ0v) is 11.7. The largest absolute Gasteiger partial charge is 0.478 e. The molecule has 10 nitrogen and oxygen atoms in total. The molecule has 2 atom stereocenters. The molecule has 0 spiro atoms. The summed E-state index contributed by atoms with van der Waals surface area (Å²) in [6.07, 6.45) is -6.23. The van der Waals surface area contributed by atoms with Crippen LogP contribution in [-0.4, -0.2) is 57.9 Å². The van der Waals surface area contributed by atoms with Gasteiger partial charge in [-0.3, -0.25) is 19.2 Å². The number of esters is 2. The molecule has 0 aliphatic heterocycles. The lowest BCUT2D eigenvalue weighted by atomic mass is 10.2. The van der Waals surface area contributed by atoms with E-state index >= 15 is 0 Å². The highest BCUT2D eigenvalue weighted by atomic mass is 16.6. The van der Waals surface area contributed by atoms with Crippen LogP contribution in [0.3, 0.4) is 0 Å². The maximum atomic E-state index is 11.3. The Hall–Kier alpha value is -2.78. The second kappa shape index (κ2) is 8.49. The van der Waals surface area contributed by atoms with Gasteiger partial charge in [-0.25, -0.2) is 9.59 Å². The molecule has 0 aromatic carbocycles. The molecular weight excluding hydrogens is 304 g/mol. The molecule has 22 heavy (non-hydrogen) atoms. The number of aliphatic carboxylic acids is 2. The number of rotatable bonds is 9. The maximum absolute atomic E-state index is 11.3. The molecule has 0 aliphatic rings. The topological polar surface area (TPSA) is 161 Å². The van der Waals surface area contributed by atoms with Crippen molar-refractivity contribution in [3.8, 4) is 0 Å². The third-order valence-electron chi connectivity index (χ3n) is 2.07. The molecule has 0 heterocycles. The Balaban J connectivity index is 5.11. The Labute approximate surface area is 124 Å². The summed E-state index contributed by atoms with van der Waals surface area (Å²) in [6, 6.07) is 0. The minimum absolute atomic E-state index is 0.630. The molecule has 0 aromatic heterocycles. The summed E-state index contributed by atoms with van der Waals surface area (Å²) in [4.78, 5) is 65.9. The molecule has 0 radical (unpaired) electrons. The second-order valence-electron chi connectivity index (χ2n) is 4.25. The molecule has 0 aliphatic carbocycles. The van der Waals surface area contributed by atoms with Gasteiger partial charge in [0.1, 0.15) is 24.4 Å². The average molecular weight is 318 g/mol. The number of carboxylic acid groups (broad SMARTS) is 2. The highest BCUT2D eigenvalue weighted by Gasteiger charge is 2.40. The van der Waals surface area contributed by atoms with E-state index < -0.39 is 60.5 Å². The number of carbonyl (C=O) groups excluding carboxylic acids is 4. The van der Waals surface area contributed by atoms with Crippen molar-refractivity contribution in [3.63, 3.8) is 0 Å². The van der Waals surface area contributed by atoms with Crippen LogP contribution in [-0.2, 0) is 38.2 Å². The lowest BCUT2D eigenvalue weighted by molar-refractivity contribution is -0.187. The van der Waals surface area contributed by atoms with E-state index in [1.165, 1.54) is 0 Å². The van der Waals surface area contributed by atoms with Crippen molar-refractivity contribution >= 4 is 35.4 Å². The third kappa shape index (κ3) is 7.12. The van der Waals surface area contributed by atoms with Crippen LogP contribution in [0.5, 0.6) is 0 Å². The quantitative estimate of drug-likeness (QED) is 0.395. The molecule has 122 valence electrons. The zero-order valence-electron chi connectivity index (χ0n) is 11.7. The lowest BCUT2D eigenvalue weighted by Gasteiger charge is -2.20. The van der Waals surface area contributed by atoms with Crippen LogP contribution in [0.1, 0.15) is 26.7 Å². The van der Waals surface area contributed by atoms with Crippen LogP contribution in [0.2, 0.25) is 0 Å². The summed E-state index contributed by atoms with van der Waals surface area (Å²) in [7, 11) is 0. The van der Waals surface area contributed by atoms with E-state index in [2.05, 4.69) is 9.47 Å². The number of ether oxygens (including phenoxy) is 2. The van der Waals surface area contributed by atoms with Crippen LogP contribution in [0, 0.1) is 0 Å². The molecular formula is C12H14O10. The predicted octanol–water partition coefficient (Wildman–Crippen LogP) is -1.06. The van der Waals surface area contributed by atoms with E-state index in [1.807, 2.05) is 0 Å². The fourth-order valence-electron chi connectivity index (χ4n) is 1.26. The summed E-state index contributed by atoms with van der Waals surface area (Å²) in [5, 5.41) is 17.8. The van der Waals surface area contributed by atoms with E-state index in [0.717, 1.165) is 13.8 Å². The first kappa shape index (κ1) is 19.2.